The summed E-state index contributed by atoms with van der Waals surface area (Å²) >= 11 is 0. The third kappa shape index (κ3) is 3.44. The highest BCUT2D eigenvalue weighted by molar-refractivity contribution is 5.83. The van der Waals surface area contributed by atoms with Gasteiger partial charge in [0.05, 0.1) is 0 Å². The summed E-state index contributed by atoms with van der Waals surface area (Å²) in [4.78, 5) is 3.23. The number of aromatic nitrogens is 1. The van der Waals surface area contributed by atoms with Crippen molar-refractivity contribution >= 4 is 23.2 Å². The van der Waals surface area contributed by atoms with Crippen LogP contribution in [0.1, 0.15) is 11.1 Å². The van der Waals surface area contributed by atoms with E-state index in [1.165, 1.54) is 10.9 Å². The zero-order valence-corrected chi connectivity index (χ0v) is 12.3. The highest BCUT2D eigenvalue weighted by Crippen LogP contribution is 2.17. The first kappa shape index (κ1) is 14.1. The van der Waals surface area contributed by atoms with Gasteiger partial charge < -0.3 is 10.2 Å². The van der Waals surface area contributed by atoms with E-state index in [1.807, 2.05) is 60.8 Å². The number of para-hydroxylation sites is 1. The van der Waals surface area contributed by atoms with Gasteiger partial charge in [0.1, 0.15) is 0 Å². The molecule has 0 spiro atoms. The smallest absolute Gasteiger partial charge is 0.174 e. The second-order valence-corrected chi connectivity index (χ2v) is 5.17. The van der Waals surface area contributed by atoms with Gasteiger partial charge in [-0.1, -0.05) is 48.5 Å². The number of hydrogen-bond acceptors (Lipinski definition) is 1. The molecule has 0 saturated carbocycles. The number of nitrogens with zero attached hydrogens (tertiary/aromatic N) is 1. The molecule has 2 aromatic carbocycles. The molecule has 0 amide bonds. The lowest BCUT2D eigenvalue weighted by Crippen LogP contribution is -2.08. The van der Waals surface area contributed by atoms with Gasteiger partial charge in [-0.25, -0.2) is 4.74 Å². The van der Waals surface area contributed by atoms with Crippen LogP contribution >= 0.6 is 0 Å². The Morgan fingerprint density at radius 1 is 1.00 bits per heavy atom. The van der Waals surface area contributed by atoms with Gasteiger partial charge in [-0.2, -0.15) is 0 Å². The summed E-state index contributed by atoms with van der Waals surface area (Å²) in [7, 11) is 0. The molecule has 0 bridgehead atoms. The molecule has 110 valence electrons. The van der Waals surface area contributed by atoms with Crippen molar-refractivity contribution in [2.45, 2.75) is 6.42 Å². The summed E-state index contributed by atoms with van der Waals surface area (Å²) in [6.07, 6.45) is 8.00. The summed E-state index contributed by atoms with van der Waals surface area (Å²) in [5, 5.41) is 13.1. The summed E-state index contributed by atoms with van der Waals surface area (Å²) in [5.41, 5.74) is 3.38. The Balaban J connectivity index is 1.61. The molecule has 3 heteroatoms. The molecule has 0 aliphatic carbocycles. The SMILES string of the molecule is [O-]/[N+](=C\C=C\c1ccccc1)CCc1c[nH]c2ccccc12. The van der Waals surface area contributed by atoms with Crippen LogP contribution in [0.15, 0.2) is 66.9 Å². The van der Waals surface area contributed by atoms with E-state index < -0.39 is 0 Å². The monoisotopic (exact) mass is 290 g/mol. The van der Waals surface area contributed by atoms with Crippen LogP contribution in [0.25, 0.3) is 17.0 Å². The van der Waals surface area contributed by atoms with E-state index >= 15 is 0 Å². The van der Waals surface area contributed by atoms with Crippen molar-refractivity contribution in [1.29, 1.82) is 0 Å². The zero-order chi connectivity index (χ0) is 15.2. The van der Waals surface area contributed by atoms with Crippen LogP contribution in [0.5, 0.6) is 0 Å². The minimum Gasteiger partial charge on any atom is -0.624 e. The van der Waals surface area contributed by atoms with Crippen molar-refractivity contribution in [3.8, 4) is 0 Å². The molecule has 0 aliphatic heterocycles. The largest absolute Gasteiger partial charge is 0.624 e. The minimum absolute atomic E-state index is 0.445. The quantitative estimate of drug-likeness (QED) is 0.328. The van der Waals surface area contributed by atoms with Gasteiger partial charge in [0, 0.05) is 29.6 Å². The van der Waals surface area contributed by atoms with Crippen molar-refractivity contribution in [1.82, 2.24) is 4.98 Å². The van der Waals surface area contributed by atoms with E-state index in [0.717, 1.165) is 22.2 Å². The van der Waals surface area contributed by atoms with Crippen LogP contribution in [0, 0.1) is 5.21 Å². The number of H-pyrrole nitrogens is 1. The summed E-state index contributed by atoms with van der Waals surface area (Å²) in [6.45, 7) is 0.445. The number of aromatic amines is 1. The van der Waals surface area contributed by atoms with Crippen LogP contribution in [0.2, 0.25) is 0 Å². The van der Waals surface area contributed by atoms with Crippen molar-refractivity contribution in [3.05, 3.63) is 83.2 Å². The van der Waals surface area contributed by atoms with Crippen LogP contribution in [0.4, 0.5) is 0 Å². The first-order chi connectivity index (χ1) is 10.8. The standard InChI is InChI=1S/C19H18N2O/c22-21(13-6-9-16-7-2-1-3-8-16)14-12-17-15-20-19-11-5-4-10-18(17)19/h1-11,13,15,20H,12,14H2/b9-6+,21-13-. The average Bonchev–Trinajstić information content (AvgIpc) is 2.97. The first-order valence-corrected chi connectivity index (χ1v) is 7.38. The number of hydroxylamine groups is 1. The highest BCUT2D eigenvalue weighted by atomic mass is 16.5. The maximum Gasteiger partial charge on any atom is 0.174 e. The Morgan fingerprint density at radius 3 is 2.64 bits per heavy atom. The second kappa shape index (κ2) is 6.76. The van der Waals surface area contributed by atoms with E-state index in [2.05, 4.69) is 11.1 Å². The Morgan fingerprint density at radius 2 is 1.77 bits per heavy atom. The lowest BCUT2D eigenvalue weighted by atomic mass is 10.1. The number of benzene rings is 2. The molecular formula is C19H18N2O. The van der Waals surface area contributed by atoms with E-state index in [1.54, 1.807) is 12.3 Å². The van der Waals surface area contributed by atoms with E-state index in [-0.39, 0.29) is 0 Å². The molecule has 3 nitrogen and oxygen atoms in total. The van der Waals surface area contributed by atoms with Gasteiger partial charge in [-0.3, -0.25) is 0 Å². The Labute approximate surface area is 129 Å². The molecule has 0 aliphatic rings. The molecule has 0 saturated heterocycles. The van der Waals surface area contributed by atoms with Gasteiger partial charge in [-0.15, -0.1) is 0 Å². The van der Waals surface area contributed by atoms with Crippen molar-refractivity contribution in [2.75, 3.05) is 6.54 Å². The molecule has 1 aromatic heterocycles. The van der Waals surface area contributed by atoms with Gasteiger partial charge >= 0.3 is 0 Å². The fourth-order valence-electron chi connectivity index (χ4n) is 2.46. The predicted octanol–water partition coefficient (Wildman–Crippen LogP) is 4.00. The van der Waals surface area contributed by atoms with Crippen LogP contribution in [0.3, 0.4) is 0 Å². The zero-order valence-electron chi connectivity index (χ0n) is 12.3. The van der Waals surface area contributed by atoms with Gasteiger partial charge in [0.2, 0.25) is 0 Å². The molecular weight excluding hydrogens is 272 g/mol. The molecule has 0 unspecified atom stereocenters. The molecule has 1 N–H and O–H groups in total. The van der Waals surface area contributed by atoms with Crippen molar-refractivity contribution < 1.29 is 4.74 Å². The summed E-state index contributed by atoms with van der Waals surface area (Å²) in [5.74, 6) is 0. The Kier molecular flexibility index (Phi) is 4.35. The highest BCUT2D eigenvalue weighted by Gasteiger charge is 2.04. The summed E-state index contributed by atoms with van der Waals surface area (Å²) in [6, 6.07) is 18.1. The second-order valence-electron chi connectivity index (χ2n) is 5.17. The minimum atomic E-state index is 0.445. The lowest BCUT2D eigenvalue weighted by molar-refractivity contribution is -0.451. The number of nitrogens with one attached hydrogen (secondary N) is 1. The molecule has 0 atom stereocenters. The maximum atomic E-state index is 11.9. The predicted molar refractivity (Wildman–Crippen MR) is 92.0 cm³/mol. The van der Waals surface area contributed by atoms with Crippen molar-refractivity contribution in [3.63, 3.8) is 0 Å². The Hall–Kier alpha value is -2.81. The van der Waals surface area contributed by atoms with Gasteiger partial charge in [-0.05, 0) is 23.3 Å². The third-order valence-corrected chi connectivity index (χ3v) is 3.62. The summed E-state index contributed by atoms with van der Waals surface area (Å²) < 4.78 is 0.973. The molecule has 0 fully saturated rings. The molecule has 1 heterocycles. The fourth-order valence-corrected chi connectivity index (χ4v) is 2.46. The number of allylic oxidation sites excluding steroid dienone is 1. The third-order valence-electron chi connectivity index (χ3n) is 3.62. The van der Waals surface area contributed by atoms with E-state index in [4.69, 9.17) is 0 Å². The number of fused-ring (bicyclic) bond motifs is 1. The number of hydrogen-bond donors (Lipinski definition) is 1. The molecule has 3 aromatic rings. The van der Waals surface area contributed by atoms with Crippen LogP contribution in [-0.4, -0.2) is 22.5 Å². The van der Waals surface area contributed by atoms with E-state index in [0.29, 0.717) is 6.54 Å². The molecule has 3 rings (SSSR count). The number of rotatable bonds is 5. The van der Waals surface area contributed by atoms with Gasteiger partial charge in [0.25, 0.3) is 0 Å². The fraction of sp³-hybridized carbons (Fsp3) is 0.105. The van der Waals surface area contributed by atoms with Gasteiger partial charge in [0.15, 0.2) is 12.8 Å². The van der Waals surface area contributed by atoms with Crippen LogP contribution in [-0.2, 0) is 6.42 Å². The Bertz CT molecular complexity index is 800. The van der Waals surface area contributed by atoms with E-state index in [9.17, 15) is 5.21 Å². The first-order valence-electron chi connectivity index (χ1n) is 7.38. The molecule has 0 radical (unpaired) electrons. The normalized spacial score (nSPS) is 12.3. The van der Waals surface area contributed by atoms with Crippen molar-refractivity contribution in [2.24, 2.45) is 0 Å². The lowest BCUT2D eigenvalue weighted by Gasteiger charge is -2.02. The van der Waals surface area contributed by atoms with Crippen LogP contribution < -0.4 is 0 Å². The topological polar surface area (TPSA) is 41.9 Å². The maximum absolute atomic E-state index is 11.9. The molecule has 22 heavy (non-hydrogen) atoms. The average molecular weight is 290 g/mol.